The molecule has 0 saturated carbocycles. The van der Waals surface area contributed by atoms with E-state index < -0.39 is 21.2 Å². The number of benzene rings is 1. The number of sulfone groups is 1. The molecule has 6 nitrogen and oxygen atoms in total. The summed E-state index contributed by atoms with van der Waals surface area (Å²) in [5, 5.41) is 0.367. The van der Waals surface area contributed by atoms with Crippen LogP contribution < -0.4 is 4.74 Å². The monoisotopic (exact) mass is 407 g/mol. The van der Waals surface area contributed by atoms with E-state index >= 15 is 0 Å². The quantitative estimate of drug-likeness (QED) is 0.707. The van der Waals surface area contributed by atoms with Crippen molar-refractivity contribution in [1.29, 1.82) is 0 Å². The lowest BCUT2D eigenvalue weighted by atomic mass is 9.92. The largest absolute Gasteiger partial charge is 0.450 e. The number of hydrogen-bond acceptors (Lipinski definition) is 6. The Hall–Kier alpha value is -2.22. The Morgan fingerprint density at radius 2 is 1.85 bits per heavy atom. The van der Waals surface area contributed by atoms with Crippen LogP contribution in [0.3, 0.4) is 0 Å². The fraction of sp³-hybridized carbons (Fsp3) is 0.263. The molecule has 0 N–H and O–H groups in total. The molecule has 27 heavy (non-hydrogen) atoms. The third kappa shape index (κ3) is 4.05. The van der Waals surface area contributed by atoms with Gasteiger partial charge in [0.05, 0.1) is 21.7 Å². The molecule has 142 valence electrons. The van der Waals surface area contributed by atoms with Gasteiger partial charge in [0.15, 0.2) is 16.1 Å². The number of aldehydes is 1. The summed E-state index contributed by atoms with van der Waals surface area (Å²) in [5.74, 6) is -1.35. The normalized spacial score (nSPS) is 21.6. The smallest absolute Gasteiger partial charge is 0.289 e. The van der Waals surface area contributed by atoms with Crippen LogP contribution in [0, 0.1) is 0 Å². The van der Waals surface area contributed by atoms with Gasteiger partial charge in [0.2, 0.25) is 0 Å². The molecule has 2 heterocycles. The van der Waals surface area contributed by atoms with Gasteiger partial charge >= 0.3 is 0 Å². The van der Waals surface area contributed by atoms with Crippen molar-refractivity contribution < 1.29 is 22.7 Å². The highest BCUT2D eigenvalue weighted by molar-refractivity contribution is 7.90. The lowest BCUT2D eigenvalue weighted by Crippen LogP contribution is -2.40. The first-order valence-electron chi connectivity index (χ1n) is 8.05. The van der Waals surface area contributed by atoms with E-state index in [0.29, 0.717) is 16.9 Å². The highest BCUT2D eigenvalue weighted by atomic mass is 35.5. The van der Waals surface area contributed by atoms with Crippen molar-refractivity contribution in [3.8, 4) is 5.75 Å². The summed E-state index contributed by atoms with van der Waals surface area (Å²) in [5.41, 5.74) is 0.577. The maximum absolute atomic E-state index is 11.8. The first-order chi connectivity index (χ1) is 12.5. The molecule has 0 radical (unpaired) electrons. The van der Waals surface area contributed by atoms with E-state index in [2.05, 4.69) is 4.98 Å². The fourth-order valence-electron chi connectivity index (χ4n) is 2.94. The summed E-state index contributed by atoms with van der Waals surface area (Å²) in [6.45, 7) is 3.60. The van der Waals surface area contributed by atoms with Gasteiger partial charge in [0.25, 0.3) is 5.79 Å². The Bertz CT molecular complexity index is 1010. The van der Waals surface area contributed by atoms with Gasteiger partial charge in [-0.3, -0.25) is 9.78 Å². The molecule has 0 amide bonds. The molecule has 0 saturated heterocycles. The number of carbonyl (C=O) groups is 1. The summed E-state index contributed by atoms with van der Waals surface area (Å²) >= 11 is 5.91. The van der Waals surface area contributed by atoms with E-state index in [1.54, 1.807) is 32.1 Å². The van der Waals surface area contributed by atoms with Crippen molar-refractivity contribution in [3.05, 3.63) is 59.4 Å². The Morgan fingerprint density at radius 3 is 2.41 bits per heavy atom. The van der Waals surface area contributed by atoms with Crippen molar-refractivity contribution in [2.75, 3.05) is 6.26 Å². The van der Waals surface area contributed by atoms with Gasteiger partial charge in [-0.1, -0.05) is 23.7 Å². The van der Waals surface area contributed by atoms with E-state index in [4.69, 9.17) is 21.1 Å². The van der Waals surface area contributed by atoms with Crippen LogP contribution in [0.15, 0.2) is 53.7 Å². The van der Waals surface area contributed by atoms with Crippen LogP contribution in [0.2, 0.25) is 5.02 Å². The van der Waals surface area contributed by atoms with Crippen LogP contribution in [0.25, 0.3) is 5.57 Å². The van der Waals surface area contributed by atoms with Gasteiger partial charge in [-0.25, -0.2) is 8.42 Å². The third-order valence-electron chi connectivity index (χ3n) is 4.12. The van der Waals surface area contributed by atoms with Crippen LogP contribution in [-0.2, 0) is 19.4 Å². The molecule has 0 spiro atoms. The topological polar surface area (TPSA) is 82.6 Å². The summed E-state index contributed by atoms with van der Waals surface area (Å²) < 4.78 is 35.0. The minimum Gasteiger partial charge on any atom is -0.450 e. The Kier molecular flexibility index (Phi) is 4.88. The zero-order valence-electron chi connectivity index (χ0n) is 15.0. The van der Waals surface area contributed by atoms with Crippen LogP contribution in [0.1, 0.15) is 19.4 Å². The van der Waals surface area contributed by atoms with E-state index in [0.717, 1.165) is 11.8 Å². The SMILES string of the molecule is CC1(C)OC(C=O)(Oc2cncc(Cl)c2)C=C1c1ccc(S(C)(=O)=O)cc1. The third-order valence-corrected chi connectivity index (χ3v) is 5.46. The second-order valence-corrected chi connectivity index (χ2v) is 9.20. The van der Waals surface area contributed by atoms with Crippen molar-refractivity contribution >= 4 is 33.3 Å². The molecule has 1 atom stereocenters. The molecule has 1 aromatic carbocycles. The van der Waals surface area contributed by atoms with E-state index in [-0.39, 0.29) is 10.6 Å². The van der Waals surface area contributed by atoms with Crippen LogP contribution >= 0.6 is 11.6 Å². The molecule has 0 fully saturated rings. The first kappa shape index (κ1) is 19.5. The highest BCUT2D eigenvalue weighted by Crippen LogP contribution is 2.42. The second-order valence-electron chi connectivity index (χ2n) is 6.75. The molecule has 0 bridgehead atoms. The van der Waals surface area contributed by atoms with Crippen molar-refractivity contribution in [2.45, 2.75) is 30.1 Å². The van der Waals surface area contributed by atoms with E-state index in [1.807, 2.05) is 0 Å². The highest BCUT2D eigenvalue weighted by Gasteiger charge is 2.47. The Labute approximate surface area is 162 Å². The lowest BCUT2D eigenvalue weighted by molar-refractivity contribution is -0.177. The maximum atomic E-state index is 11.8. The van der Waals surface area contributed by atoms with Crippen LogP contribution in [0.4, 0.5) is 0 Å². The number of aromatic nitrogens is 1. The van der Waals surface area contributed by atoms with Gasteiger partial charge in [-0.15, -0.1) is 0 Å². The molecule has 0 aliphatic carbocycles. The minimum atomic E-state index is -3.30. The number of ether oxygens (including phenoxy) is 2. The number of rotatable bonds is 5. The number of nitrogens with zero attached hydrogens (tertiary/aromatic N) is 1. The predicted octanol–water partition coefficient (Wildman–Crippen LogP) is 3.30. The van der Waals surface area contributed by atoms with E-state index in [9.17, 15) is 13.2 Å². The van der Waals surface area contributed by atoms with Gasteiger partial charge in [-0.05, 0) is 37.1 Å². The molecule has 1 unspecified atom stereocenters. The Balaban J connectivity index is 2.00. The predicted molar refractivity (Wildman–Crippen MR) is 101 cm³/mol. The maximum Gasteiger partial charge on any atom is 0.289 e. The lowest BCUT2D eigenvalue weighted by Gasteiger charge is -2.28. The fourth-order valence-corrected chi connectivity index (χ4v) is 3.73. The summed E-state index contributed by atoms with van der Waals surface area (Å²) in [6.07, 6.45) is 6.17. The second kappa shape index (κ2) is 6.74. The minimum absolute atomic E-state index is 0.214. The number of halogens is 1. The van der Waals surface area contributed by atoms with Crippen molar-refractivity contribution in [1.82, 2.24) is 4.98 Å². The van der Waals surface area contributed by atoms with Crippen LogP contribution in [0.5, 0.6) is 5.75 Å². The summed E-state index contributed by atoms with van der Waals surface area (Å²) in [4.78, 5) is 16.0. The molecular weight excluding hydrogens is 390 g/mol. The standard InChI is InChI=1S/C19H18ClNO5S/c1-18(2)17(13-4-6-16(7-5-13)27(3,23)24)9-19(12-22,26-18)25-15-8-14(20)10-21-11-15/h4-12H,1-3H3. The zero-order valence-corrected chi connectivity index (χ0v) is 16.5. The molecule has 2 aromatic rings. The molecule has 1 aliphatic rings. The molecule has 8 heteroatoms. The Morgan fingerprint density at radius 1 is 1.19 bits per heavy atom. The van der Waals surface area contributed by atoms with Gasteiger partial charge in [0, 0.05) is 24.6 Å². The molecule has 1 aliphatic heterocycles. The first-order valence-corrected chi connectivity index (χ1v) is 10.3. The summed E-state index contributed by atoms with van der Waals surface area (Å²) in [6, 6.07) is 7.92. The van der Waals surface area contributed by atoms with Gasteiger partial charge in [-0.2, -0.15) is 0 Å². The summed E-state index contributed by atoms with van der Waals surface area (Å²) in [7, 11) is -3.30. The van der Waals surface area contributed by atoms with E-state index in [1.165, 1.54) is 30.6 Å². The average Bonchev–Trinajstić information content (AvgIpc) is 2.85. The van der Waals surface area contributed by atoms with Crippen LogP contribution in [-0.4, -0.2) is 37.3 Å². The number of hydrogen-bond donors (Lipinski definition) is 0. The van der Waals surface area contributed by atoms with Crippen molar-refractivity contribution in [3.63, 3.8) is 0 Å². The number of pyridine rings is 1. The molecular formula is C19H18ClNO5S. The zero-order chi connectivity index (χ0) is 19.9. The van der Waals surface area contributed by atoms with Crippen molar-refractivity contribution in [2.24, 2.45) is 0 Å². The van der Waals surface area contributed by atoms with Gasteiger partial charge in [0.1, 0.15) is 5.75 Å². The van der Waals surface area contributed by atoms with Gasteiger partial charge < -0.3 is 9.47 Å². The molecule has 3 rings (SSSR count). The average molecular weight is 408 g/mol. The molecule has 1 aromatic heterocycles. The number of carbonyl (C=O) groups excluding carboxylic acids is 1.